The topological polar surface area (TPSA) is 71.5 Å². The smallest absolute Gasteiger partial charge is 0.243 e. The van der Waals surface area contributed by atoms with E-state index in [2.05, 4.69) is 10.3 Å². The van der Waals surface area contributed by atoms with Gasteiger partial charge in [-0.3, -0.25) is 0 Å². The third-order valence-electron chi connectivity index (χ3n) is 4.41. The van der Waals surface area contributed by atoms with Crippen LogP contribution in [0, 0.1) is 0 Å². The van der Waals surface area contributed by atoms with E-state index < -0.39 is 10.0 Å². The van der Waals surface area contributed by atoms with Gasteiger partial charge in [-0.2, -0.15) is 4.31 Å². The van der Waals surface area contributed by atoms with E-state index in [1.54, 1.807) is 24.3 Å². The zero-order valence-electron chi connectivity index (χ0n) is 16.8. The summed E-state index contributed by atoms with van der Waals surface area (Å²) >= 11 is 1.50. The highest BCUT2D eigenvalue weighted by atomic mass is 32.2. The second-order valence-electron chi connectivity index (χ2n) is 6.23. The highest BCUT2D eigenvalue weighted by Crippen LogP contribution is 2.29. The van der Waals surface area contributed by atoms with Gasteiger partial charge in [0.25, 0.3) is 0 Å². The molecule has 6 nitrogen and oxygen atoms in total. The number of sulfonamides is 1. The number of hydrogen-bond donors (Lipinski definition) is 1. The Morgan fingerprint density at radius 2 is 1.66 bits per heavy atom. The zero-order valence-corrected chi connectivity index (χ0v) is 18.4. The molecule has 0 aliphatic heterocycles. The van der Waals surface area contributed by atoms with Crippen LogP contribution in [0.5, 0.6) is 5.75 Å². The Bertz CT molecular complexity index is 1030. The molecule has 0 saturated heterocycles. The van der Waals surface area contributed by atoms with Gasteiger partial charge in [0, 0.05) is 29.7 Å². The van der Waals surface area contributed by atoms with Crippen molar-refractivity contribution >= 4 is 32.2 Å². The summed E-state index contributed by atoms with van der Waals surface area (Å²) in [6.07, 6.45) is 0. The van der Waals surface area contributed by atoms with Crippen LogP contribution in [0.2, 0.25) is 0 Å². The van der Waals surface area contributed by atoms with Gasteiger partial charge in [-0.05, 0) is 43.3 Å². The van der Waals surface area contributed by atoms with Crippen LogP contribution in [0.1, 0.15) is 20.8 Å². The minimum atomic E-state index is -3.45. The van der Waals surface area contributed by atoms with Crippen molar-refractivity contribution in [3.05, 3.63) is 53.9 Å². The molecule has 1 heterocycles. The predicted molar refractivity (Wildman–Crippen MR) is 119 cm³/mol. The maximum Gasteiger partial charge on any atom is 0.243 e. The summed E-state index contributed by atoms with van der Waals surface area (Å²) in [6.45, 7) is 7.17. The Morgan fingerprint density at radius 1 is 1.00 bits per heavy atom. The molecule has 8 heteroatoms. The van der Waals surface area contributed by atoms with E-state index in [0.717, 1.165) is 27.8 Å². The molecule has 3 rings (SSSR count). The number of hydrogen-bond acceptors (Lipinski definition) is 6. The molecule has 0 amide bonds. The van der Waals surface area contributed by atoms with E-state index in [9.17, 15) is 8.42 Å². The predicted octanol–water partition coefficient (Wildman–Crippen LogP) is 4.98. The Hall–Kier alpha value is -2.42. The fourth-order valence-electron chi connectivity index (χ4n) is 2.90. The van der Waals surface area contributed by atoms with Crippen LogP contribution < -0.4 is 10.1 Å². The van der Waals surface area contributed by atoms with E-state index in [1.165, 1.54) is 15.6 Å². The molecule has 0 spiro atoms. The number of nitrogens with zero attached hydrogens (tertiary/aromatic N) is 2. The summed E-state index contributed by atoms with van der Waals surface area (Å²) < 4.78 is 32.1. The Labute approximate surface area is 176 Å². The SMILES string of the molecule is CCOc1ccc(Nc2nc(-c3ccc(S(=O)(=O)N(CC)CC)cc3)cs2)cc1. The van der Waals surface area contributed by atoms with Crippen LogP contribution in [-0.4, -0.2) is 37.4 Å². The van der Waals surface area contributed by atoms with E-state index in [0.29, 0.717) is 24.6 Å². The Kier molecular flexibility index (Phi) is 6.89. The van der Waals surface area contributed by atoms with Crippen molar-refractivity contribution in [3.63, 3.8) is 0 Å². The van der Waals surface area contributed by atoms with Gasteiger partial charge in [-0.15, -0.1) is 11.3 Å². The molecule has 1 N–H and O–H groups in total. The molecule has 2 aromatic carbocycles. The van der Waals surface area contributed by atoms with Gasteiger partial charge in [0.15, 0.2) is 5.13 Å². The number of rotatable bonds is 9. The molecule has 0 bridgehead atoms. The molecule has 0 unspecified atom stereocenters. The molecule has 0 atom stereocenters. The highest BCUT2D eigenvalue weighted by Gasteiger charge is 2.21. The van der Waals surface area contributed by atoms with Crippen LogP contribution in [0.15, 0.2) is 58.8 Å². The van der Waals surface area contributed by atoms with Crippen LogP contribution in [0.3, 0.4) is 0 Å². The average Bonchev–Trinajstić information content (AvgIpc) is 3.19. The van der Waals surface area contributed by atoms with E-state index in [1.807, 2.05) is 50.4 Å². The summed E-state index contributed by atoms with van der Waals surface area (Å²) in [7, 11) is -3.45. The van der Waals surface area contributed by atoms with E-state index in [-0.39, 0.29) is 0 Å². The molecule has 3 aromatic rings. The summed E-state index contributed by atoms with van der Waals surface area (Å²) in [4.78, 5) is 4.91. The fraction of sp³-hybridized carbons (Fsp3) is 0.286. The number of nitrogens with one attached hydrogen (secondary N) is 1. The first-order valence-corrected chi connectivity index (χ1v) is 11.9. The first kappa shape index (κ1) is 21.3. The quantitative estimate of drug-likeness (QED) is 0.517. The monoisotopic (exact) mass is 431 g/mol. The summed E-state index contributed by atoms with van der Waals surface area (Å²) in [6, 6.07) is 14.6. The molecule has 0 fully saturated rings. The lowest BCUT2D eigenvalue weighted by Gasteiger charge is -2.18. The molecule has 29 heavy (non-hydrogen) atoms. The maximum absolute atomic E-state index is 12.6. The normalized spacial score (nSPS) is 11.6. The van der Waals surface area contributed by atoms with Gasteiger partial charge in [-0.25, -0.2) is 13.4 Å². The third kappa shape index (κ3) is 4.95. The number of thiazole rings is 1. The third-order valence-corrected chi connectivity index (χ3v) is 7.24. The molecular formula is C21H25N3O3S2. The first-order valence-electron chi connectivity index (χ1n) is 9.54. The van der Waals surface area contributed by atoms with Crippen LogP contribution >= 0.6 is 11.3 Å². The van der Waals surface area contributed by atoms with Gasteiger partial charge in [-0.1, -0.05) is 26.0 Å². The van der Waals surface area contributed by atoms with Crippen LogP contribution in [0.25, 0.3) is 11.3 Å². The van der Waals surface area contributed by atoms with Crippen molar-refractivity contribution in [2.45, 2.75) is 25.7 Å². The number of anilines is 2. The van der Waals surface area contributed by atoms with Crippen LogP contribution in [-0.2, 0) is 10.0 Å². The molecule has 0 saturated carbocycles. The first-order chi connectivity index (χ1) is 14.0. The van der Waals surface area contributed by atoms with Gasteiger partial charge in [0.1, 0.15) is 5.75 Å². The molecule has 0 aliphatic carbocycles. The summed E-state index contributed by atoms with van der Waals surface area (Å²) in [5.74, 6) is 0.831. The Morgan fingerprint density at radius 3 is 2.24 bits per heavy atom. The molecular weight excluding hydrogens is 406 g/mol. The lowest BCUT2D eigenvalue weighted by molar-refractivity contribution is 0.340. The van der Waals surface area contributed by atoms with Crippen molar-refractivity contribution < 1.29 is 13.2 Å². The second-order valence-corrected chi connectivity index (χ2v) is 9.03. The minimum Gasteiger partial charge on any atom is -0.494 e. The largest absolute Gasteiger partial charge is 0.494 e. The zero-order chi connectivity index (χ0) is 20.9. The van der Waals surface area contributed by atoms with E-state index in [4.69, 9.17) is 4.74 Å². The van der Waals surface area contributed by atoms with Gasteiger partial charge in [0.05, 0.1) is 17.2 Å². The van der Waals surface area contributed by atoms with Crippen molar-refractivity contribution in [1.82, 2.24) is 9.29 Å². The van der Waals surface area contributed by atoms with Crippen molar-refractivity contribution in [1.29, 1.82) is 0 Å². The van der Waals surface area contributed by atoms with Crippen molar-refractivity contribution in [2.75, 3.05) is 25.0 Å². The van der Waals surface area contributed by atoms with Gasteiger partial charge in [0.2, 0.25) is 10.0 Å². The van der Waals surface area contributed by atoms with Gasteiger partial charge < -0.3 is 10.1 Å². The lowest BCUT2D eigenvalue weighted by atomic mass is 10.2. The maximum atomic E-state index is 12.6. The number of ether oxygens (including phenoxy) is 1. The fourth-order valence-corrected chi connectivity index (χ4v) is 5.10. The second kappa shape index (κ2) is 9.39. The summed E-state index contributed by atoms with van der Waals surface area (Å²) in [5, 5.41) is 6.00. The minimum absolute atomic E-state index is 0.299. The lowest BCUT2D eigenvalue weighted by Crippen LogP contribution is -2.30. The van der Waals surface area contributed by atoms with Crippen LogP contribution in [0.4, 0.5) is 10.8 Å². The van der Waals surface area contributed by atoms with Crippen molar-refractivity contribution in [2.24, 2.45) is 0 Å². The average molecular weight is 432 g/mol. The number of benzene rings is 2. The number of aromatic nitrogens is 1. The Balaban J connectivity index is 1.73. The summed E-state index contributed by atoms with van der Waals surface area (Å²) in [5.41, 5.74) is 2.60. The highest BCUT2D eigenvalue weighted by molar-refractivity contribution is 7.89. The van der Waals surface area contributed by atoms with Gasteiger partial charge >= 0.3 is 0 Å². The molecule has 154 valence electrons. The van der Waals surface area contributed by atoms with E-state index >= 15 is 0 Å². The standard InChI is InChI=1S/C21H25N3O3S2/c1-4-24(5-2)29(25,26)19-13-7-16(8-14-19)20-15-28-21(23-20)22-17-9-11-18(12-10-17)27-6-3/h7-15H,4-6H2,1-3H3,(H,22,23). The molecule has 0 aliphatic rings. The molecule has 1 aromatic heterocycles. The van der Waals surface area contributed by atoms with Crippen molar-refractivity contribution in [3.8, 4) is 17.0 Å². The molecule has 0 radical (unpaired) electrons.